The zero-order valence-electron chi connectivity index (χ0n) is 28.2. The molecule has 17 heteroatoms. The highest BCUT2D eigenvalue weighted by atomic mass is 16.4. The van der Waals surface area contributed by atoms with E-state index in [2.05, 4.69) is 37.2 Å². The van der Waals surface area contributed by atoms with E-state index in [1.807, 2.05) is 0 Å². The summed E-state index contributed by atoms with van der Waals surface area (Å²) in [6, 6.07) is 3.21. The molecule has 17 nitrogen and oxygen atoms in total. The summed E-state index contributed by atoms with van der Waals surface area (Å²) in [5, 5.41) is 45.3. The van der Waals surface area contributed by atoms with Gasteiger partial charge in [0.25, 0.3) is 0 Å². The molecule has 0 aromatic heterocycles. The smallest absolute Gasteiger partial charge is 0.322 e. The number of aliphatic carboxylic acids is 1. The molecule has 0 aliphatic carbocycles. The summed E-state index contributed by atoms with van der Waals surface area (Å²) >= 11 is 0. The number of carbonyl (C=O) groups is 6. The molecule has 7 atom stereocenters. The minimum absolute atomic E-state index is 0.00448. The molecule has 1 heterocycles. The number of amides is 5. The van der Waals surface area contributed by atoms with Gasteiger partial charge in [-0.3, -0.25) is 34.2 Å². The second-order valence-corrected chi connectivity index (χ2v) is 12.2. The van der Waals surface area contributed by atoms with Gasteiger partial charge in [0.1, 0.15) is 30.7 Å². The summed E-state index contributed by atoms with van der Waals surface area (Å²) in [6.07, 6.45) is 0.964. The molecule has 5 amide bonds. The van der Waals surface area contributed by atoms with Crippen LogP contribution in [0.1, 0.15) is 58.4 Å². The Hall–Kier alpha value is -4.77. The van der Waals surface area contributed by atoms with Crippen molar-refractivity contribution in [1.29, 1.82) is 5.41 Å². The number of aliphatic hydroxyl groups is 1. The van der Waals surface area contributed by atoms with E-state index in [0.717, 1.165) is 6.42 Å². The fraction of sp³-hybridized carbons (Fsp3) is 0.594. The number of rotatable bonds is 20. The number of hydrogen-bond acceptors (Lipinski definition) is 9. The molecule has 0 radical (unpaired) electrons. The van der Waals surface area contributed by atoms with Crippen LogP contribution in [0.25, 0.3) is 0 Å². The number of carbonyl (C=O) groups excluding carboxylic acids is 5. The third-order valence-corrected chi connectivity index (χ3v) is 8.18. The van der Waals surface area contributed by atoms with Crippen molar-refractivity contribution in [3.05, 3.63) is 35.9 Å². The highest BCUT2D eigenvalue weighted by molar-refractivity contribution is 5.96. The van der Waals surface area contributed by atoms with Crippen LogP contribution in [0.2, 0.25) is 0 Å². The quantitative estimate of drug-likeness (QED) is 0.0397. The summed E-state index contributed by atoms with van der Waals surface area (Å²) in [7, 11) is 0. The van der Waals surface area contributed by atoms with E-state index in [1.54, 1.807) is 44.2 Å². The van der Waals surface area contributed by atoms with Crippen LogP contribution < -0.4 is 43.0 Å². The Labute approximate surface area is 285 Å². The van der Waals surface area contributed by atoms with Crippen molar-refractivity contribution in [2.45, 2.75) is 95.6 Å². The molecular formula is C32H51N9O8. The molecule has 1 aromatic rings. The first kappa shape index (κ1) is 40.4. The Morgan fingerprint density at radius 2 is 1.57 bits per heavy atom. The van der Waals surface area contributed by atoms with Crippen molar-refractivity contribution in [2.24, 2.45) is 11.7 Å². The first-order valence-electron chi connectivity index (χ1n) is 16.5. The molecule has 0 spiro atoms. The van der Waals surface area contributed by atoms with Gasteiger partial charge in [-0.1, -0.05) is 50.6 Å². The highest BCUT2D eigenvalue weighted by Crippen LogP contribution is 2.12. The van der Waals surface area contributed by atoms with Crippen LogP contribution >= 0.6 is 0 Å². The maximum atomic E-state index is 13.7. The maximum Gasteiger partial charge on any atom is 0.322 e. The number of carboxylic acid groups (broad SMARTS) is 1. The number of aliphatic hydroxyl groups excluding tert-OH is 1. The summed E-state index contributed by atoms with van der Waals surface area (Å²) in [6.45, 7) is 5.06. The lowest BCUT2D eigenvalue weighted by Crippen LogP contribution is -2.62. The van der Waals surface area contributed by atoms with Crippen molar-refractivity contribution in [3.63, 3.8) is 0 Å². The lowest BCUT2D eigenvalue weighted by Gasteiger charge is -2.30. The van der Waals surface area contributed by atoms with Gasteiger partial charge >= 0.3 is 5.97 Å². The van der Waals surface area contributed by atoms with Crippen molar-refractivity contribution < 1.29 is 39.0 Å². The average molecular weight is 690 g/mol. The summed E-state index contributed by atoms with van der Waals surface area (Å²) in [5.41, 5.74) is 6.01. The van der Waals surface area contributed by atoms with Gasteiger partial charge in [-0.05, 0) is 50.6 Å². The van der Waals surface area contributed by atoms with Crippen LogP contribution in [-0.2, 0) is 35.2 Å². The van der Waals surface area contributed by atoms with Gasteiger partial charge in [-0.15, -0.1) is 0 Å². The maximum absolute atomic E-state index is 13.7. The summed E-state index contributed by atoms with van der Waals surface area (Å²) in [5.74, 6) is -5.42. The van der Waals surface area contributed by atoms with Crippen LogP contribution in [0.15, 0.2) is 30.3 Å². The SMILES string of the molecule is CC[C@H](C)[C@H](NC(=O)[C@H](CCCNC(=N)N)NC(=O)[C@@H]1CCCN1)C(=O)N[C@H](C(=O)N[C@@H](Cc1ccccc1)C(=O)NCC(=O)O)[C@@H](C)O. The monoisotopic (exact) mass is 689 g/mol. The molecule has 49 heavy (non-hydrogen) atoms. The van der Waals surface area contributed by atoms with Gasteiger partial charge in [0.2, 0.25) is 29.5 Å². The molecule has 1 aromatic carbocycles. The molecule has 0 bridgehead atoms. The largest absolute Gasteiger partial charge is 0.480 e. The first-order valence-corrected chi connectivity index (χ1v) is 16.5. The van der Waals surface area contributed by atoms with Crippen LogP contribution in [0, 0.1) is 11.3 Å². The topological polar surface area (TPSA) is 277 Å². The Balaban J connectivity index is 2.22. The van der Waals surface area contributed by atoms with E-state index in [9.17, 15) is 33.9 Å². The van der Waals surface area contributed by atoms with Crippen LogP contribution in [-0.4, -0.2) is 108 Å². The van der Waals surface area contributed by atoms with Gasteiger partial charge in [0.05, 0.1) is 12.1 Å². The number of benzene rings is 1. The molecule has 1 aliphatic heterocycles. The minimum atomic E-state index is -1.55. The lowest BCUT2D eigenvalue weighted by atomic mass is 9.96. The molecule has 0 saturated carbocycles. The van der Waals surface area contributed by atoms with Gasteiger partial charge in [-0.25, -0.2) is 0 Å². The van der Waals surface area contributed by atoms with E-state index >= 15 is 0 Å². The third kappa shape index (κ3) is 14.1. The minimum Gasteiger partial charge on any atom is -0.480 e. The van der Waals surface area contributed by atoms with Crippen molar-refractivity contribution in [2.75, 3.05) is 19.6 Å². The second-order valence-electron chi connectivity index (χ2n) is 12.2. The van der Waals surface area contributed by atoms with Crippen LogP contribution in [0.3, 0.4) is 0 Å². The molecule has 1 fully saturated rings. The molecule has 272 valence electrons. The Bertz CT molecular complexity index is 1290. The molecule has 0 unspecified atom stereocenters. The van der Waals surface area contributed by atoms with E-state index in [0.29, 0.717) is 31.4 Å². The van der Waals surface area contributed by atoms with E-state index < -0.39 is 78.4 Å². The van der Waals surface area contributed by atoms with E-state index in [-0.39, 0.29) is 31.3 Å². The number of carboxylic acids is 1. The van der Waals surface area contributed by atoms with Crippen LogP contribution in [0.5, 0.6) is 0 Å². The second kappa shape index (κ2) is 20.6. The van der Waals surface area contributed by atoms with Crippen molar-refractivity contribution >= 4 is 41.5 Å². The third-order valence-electron chi connectivity index (χ3n) is 8.18. The first-order chi connectivity index (χ1) is 23.2. The number of nitrogens with two attached hydrogens (primary N) is 1. The fourth-order valence-electron chi connectivity index (χ4n) is 5.19. The van der Waals surface area contributed by atoms with Gasteiger partial charge in [-0.2, -0.15) is 0 Å². The van der Waals surface area contributed by atoms with Crippen LogP contribution in [0.4, 0.5) is 0 Å². The molecule has 12 N–H and O–H groups in total. The van der Waals surface area contributed by atoms with Gasteiger partial charge in [0, 0.05) is 13.0 Å². The Morgan fingerprint density at radius 3 is 2.14 bits per heavy atom. The number of hydrogen-bond donors (Lipinski definition) is 11. The van der Waals surface area contributed by atoms with Gasteiger partial charge < -0.3 is 53.2 Å². The average Bonchev–Trinajstić information content (AvgIpc) is 3.61. The predicted molar refractivity (Wildman–Crippen MR) is 180 cm³/mol. The zero-order valence-corrected chi connectivity index (χ0v) is 28.2. The normalized spacial score (nSPS) is 17.6. The fourth-order valence-corrected chi connectivity index (χ4v) is 5.19. The highest BCUT2D eigenvalue weighted by Gasteiger charge is 2.35. The van der Waals surface area contributed by atoms with E-state index in [1.165, 1.54) is 6.92 Å². The van der Waals surface area contributed by atoms with Gasteiger partial charge in [0.15, 0.2) is 5.96 Å². The molecule has 1 saturated heterocycles. The lowest BCUT2D eigenvalue weighted by molar-refractivity contribution is -0.139. The van der Waals surface area contributed by atoms with Crippen molar-refractivity contribution in [1.82, 2.24) is 37.2 Å². The molecule has 1 aliphatic rings. The number of guanidine groups is 1. The summed E-state index contributed by atoms with van der Waals surface area (Å²) in [4.78, 5) is 77.5. The molecule has 2 rings (SSSR count). The summed E-state index contributed by atoms with van der Waals surface area (Å²) < 4.78 is 0. The number of nitrogens with one attached hydrogen (secondary N) is 8. The Morgan fingerprint density at radius 1 is 0.918 bits per heavy atom. The standard InChI is InChI=1S/C32H51N9O8/c1-4-18(2)25(40-29(47)22(13-9-15-36-32(33)34)38-28(46)21-12-8-14-35-21)30(48)41-26(19(3)42)31(49)39-23(27(45)37-17-24(43)44)16-20-10-6-5-7-11-20/h5-7,10-11,18-19,21-23,25-26,35,42H,4,8-9,12-17H2,1-3H3,(H,37,45)(H,38,46)(H,39,49)(H,40,47)(H,41,48)(H,43,44)(H4,33,34,36)/t18-,19+,21-,22-,23-,25-,26-/m0/s1. The molecular weight excluding hydrogens is 638 g/mol. The van der Waals surface area contributed by atoms with E-state index in [4.69, 9.17) is 16.2 Å². The Kier molecular flexibility index (Phi) is 17.0. The zero-order chi connectivity index (χ0) is 36.5. The van der Waals surface area contributed by atoms with Crippen molar-refractivity contribution in [3.8, 4) is 0 Å². The predicted octanol–water partition coefficient (Wildman–Crippen LogP) is -2.19.